The van der Waals surface area contributed by atoms with Crippen molar-refractivity contribution in [1.82, 2.24) is 0 Å². The van der Waals surface area contributed by atoms with E-state index in [1.165, 1.54) is 29.2 Å². The molecule has 174 valence electrons. The number of sulfone groups is 1. The molecule has 9 nitrogen and oxygen atoms in total. The minimum atomic E-state index is -4.06. The van der Waals surface area contributed by atoms with Gasteiger partial charge in [-0.05, 0) is 37.3 Å². The van der Waals surface area contributed by atoms with Crippen molar-refractivity contribution in [2.45, 2.75) is 6.92 Å². The SMILES string of the molecule is C=CCN1C(=O)COc2ccc(C(=O)CS(=O)(=O)CC(=O)Nc3ccccc3OCC)cc21. The summed E-state index contributed by atoms with van der Waals surface area (Å²) >= 11 is 0. The molecule has 1 heterocycles. The van der Waals surface area contributed by atoms with Crippen molar-refractivity contribution in [3.05, 3.63) is 60.7 Å². The second kappa shape index (κ2) is 10.3. The lowest BCUT2D eigenvalue weighted by atomic mass is 10.1. The van der Waals surface area contributed by atoms with Crippen LogP contribution in [0.5, 0.6) is 11.5 Å². The topological polar surface area (TPSA) is 119 Å². The van der Waals surface area contributed by atoms with Crippen LogP contribution >= 0.6 is 0 Å². The van der Waals surface area contributed by atoms with Crippen LogP contribution in [0.3, 0.4) is 0 Å². The minimum absolute atomic E-state index is 0.0896. The monoisotopic (exact) mass is 472 g/mol. The Morgan fingerprint density at radius 3 is 2.70 bits per heavy atom. The normalized spacial score (nSPS) is 13.0. The Balaban J connectivity index is 1.70. The number of benzene rings is 2. The average molecular weight is 473 g/mol. The molecule has 1 N–H and O–H groups in total. The van der Waals surface area contributed by atoms with Gasteiger partial charge in [-0.1, -0.05) is 18.2 Å². The van der Waals surface area contributed by atoms with Crippen LogP contribution in [0.2, 0.25) is 0 Å². The van der Waals surface area contributed by atoms with E-state index in [0.717, 1.165) is 0 Å². The van der Waals surface area contributed by atoms with Gasteiger partial charge in [0.1, 0.15) is 23.0 Å². The first-order chi connectivity index (χ1) is 15.7. The van der Waals surface area contributed by atoms with E-state index in [1.54, 1.807) is 31.2 Å². The quantitative estimate of drug-likeness (QED) is 0.416. The lowest BCUT2D eigenvalue weighted by molar-refractivity contribution is -0.121. The van der Waals surface area contributed by atoms with Gasteiger partial charge in [-0.15, -0.1) is 6.58 Å². The molecule has 10 heteroatoms. The number of anilines is 2. The third-order valence-corrected chi connectivity index (χ3v) is 6.10. The molecule has 0 saturated heterocycles. The lowest BCUT2D eigenvalue weighted by Crippen LogP contribution is -2.39. The van der Waals surface area contributed by atoms with Gasteiger partial charge in [-0.2, -0.15) is 0 Å². The predicted molar refractivity (Wildman–Crippen MR) is 124 cm³/mol. The van der Waals surface area contributed by atoms with Gasteiger partial charge in [0, 0.05) is 12.1 Å². The highest BCUT2D eigenvalue weighted by atomic mass is 32.2. The zero-order valence-corrected chi connectivity index (χ0v) is 18.9. The fourth-order valence-corrected chi connectivity index (χ4v) is 4.42. The molecule has 0 fully saturated rings. The summed E-state index contributed by atoms with van der Waals surface area (Å²) in [6, 6.07) is 11.0. The maximum Gasteiger partial charge on any atom is 0.265 e. The van der Waals surface area contributed by atoms with Crippen molar-refractivity contribution in [3.8, 4) is 11.5 Å². The first-order valence-electron chi connectivity index (χ1n) is 10.2. The molecule has 1 aliphatic heterocycles. The maximum atomic E-state index is 12.7. The van der Waals surface area contributed by atoms with Gasteiger partial charge in [-0.3, -0.25) is 14.4 Å². The molecule has 2 aromatic rings. The van der Waals surface area contributed by atoms with Gasteiger partial charge < -0.3 is 19.7 Å². The van der Waals surface area contributed by atoms with Crippen LogP contribution in [0.25, 0.3) is 0 Å². The second-order valence-corrected chi connectivity index (χ2v) is 9.26. The zero-order chi connectivity index (χ0) is 24.0. The van der Waals surface area contributed by atoms with Crippen molar-refractivity contribution in [2.24, 2.45) is 0 Å². The zero-order valence-electron chi connectivity index (χ0n) is 18.1. The van der Waals surface area contributed by atoms with Crippen molar-refractivity contribution in [1.29, 1.82) is 0 Å². The number of hydrogen-bond donors (Lipinski definition) is 1. The van der Waals surface area contributed by atoms with Crippen molar-refractivity contribution in [3.63, 3.8) is 0 Å². The first-order valence-corrected chi connectivity index (χ1v) is 12.0. The van der Waals surface area contributed by atoms with Crippen molar-refractivity contribution >= 4 is 38.8 Å². The molecule has 33 heavy (non-hydrogen) atoms. The average Bonchev–Trinajstić information content (AvgIpc) is 2.76. The van der Waals surface area contributed by atoms with Gasteiger partial charge in [0.25, 0.3) is 5.91 Å². The summed E-state index contributed by atoms with van der Waals surface area (Å²) in [4.78, 5) is 38.5. The summed E-state index contributed by atoms with van der Waals surface area (Å²) in [5, 5.41) is 2.51. The molecule has 0 bridgehead atoms. The molecule has 0 saturated carbocycles. The van der Waals surface area contributed by atoms with E-state index < -0.39 is 33.0 Å². The molecular formula is C23H24N2O7S. The number of ether oxygens (including phenoxy) is 2. The van der Waals surface area contributed by atoms with Gasteiger partial charge in [0.05, 0.1) is 18.0 Å². The number of amides is 2. The number of Topliss-reactive ketones (excluding diaryl/α,β-unsaturated/α-hetero) is 1. The maximum absolute atomic E-state index is 12.7. The third-order valence-electron chi connectivity index (χ3n) is 4.70. The lowest BCUT2D eigenvalue weighted by Gasteiger charge is -2.28. The van der Waals surface area contributed by atoms with Gasteiger partial charge in [0.15, 0.2) is 22.2 Å². The first kappa shape index (κ1) is 24.0. The van der Waals surface area contributed by atoms with E-state index in [9.17, 15) is 22.8 Å². The van der Waals surface area contributed by atoms with Crippen LogP contribution in [0, 0.1) is 0 Å². The van der Waals surface area contributed by atoms with Crippen molar-refractivity contribution in [2.75, 3.05) is 41.5 Å². The number of nitrogens with zero attached hydrogens (tertiary/aromatic N) is 1. The van der Waals surface area contributed by atoms with Crippen LogP contribution in [0.15, 0.2) is 55.1 Å². The Bertz CT molecular complexity index is 1190. The van der Waals surface area contributed by atoms with Crippen LogP contribution in [-0.4, -0.2) is 57.3 Å². The summed E-state index contributed by atoms with van der Waals surface area (Å²) < 4.78 is 35.8. The van der Waals surface area contributed by atoms with Crippen LogP contribution in [-0.2, 0) is 19.4 Å². The summed E-state index contributed by atoms with van der Waals surface area (Å²) in [7, 11) is -4.06. The summed E-state index contributed by atoms with van der Waals surface area (Å²) in [6.45, 7) is 5.86. The fourth-order valence-electron chi connectivity index (χ4n) is 3.28. The molecule has 1 aliphatic rings. The van der Waals surface area contributed by atoms with Crippen LogP contribution in [0.4, 0.5) is 11.4 Å². The Morgan fingerprint density at radius 2 is 1.97 bits per heavy atom. The van der Waals surface area contributed by atoms with Gasteiger partial charge >= 0.3 is 0 Å². The predicted octanol–water partition coefficient (Wildman–Crippen LogP) is 2.23. The second-order valence-electron chi connectivity index (χ2n) is 7.20. The largest absolute Gasteiger partial charge is 0.492 e. The Hall–Kier alpha value is -3.66. The standard InChI is InChI=1S/C23H24N2O7S/c1-3-11-25-18-12-16(9-10-21(18)32-13-23(25)28)19(26)14-33(29,30)15-22(27)24-17-7-5-6-8-20(17)31-4-2/h3,5-10,12H,1,4,11,13-15H2,2H3,(H,24,27). The highest BCUT2D eigenvalue weighted by Crippen LogP contribution is 2.33. The van der Waals surface area contributed by atoms with E-state index in [0.29, 0.717) is 29.5 Å². The molecular weight excluding hydrogens is 448 g/mol. The molecule has 2 aromatic carbocycles. The molecule has 0 aromatic heterocycles. The molecule has 0 radical (unpaired) electrons. The Labute approximate surface area is 191 Å². The highest BCUT2D eigenvalue weighted by molar-refractivity contribution is 7.92. The van der Waals surface area contributed by atoms with Crippen LogP contribution in [0.1, 0.15) is 17.3 Å². The van der Waals surface area contributed by atoms with E-state index in [-0.39, 0.29) is 24.6 Å². The number of rotatable bonds is 10. The molecule has 0 aliphatic carbocycles. The molecule has 0 atom stereocenters. The number of hydrogen-bond acceptors (Lipinski definition) is 7. The number of para-hydroxylation sites is 2. The Kier molecular flexibility index (Phi) is 7.49. The van der Waals surface area contributed by atoms with Gasteiger partial charge in [-0.25, -0.2) is 8.42 Å². The number of nitrogens with one attached hydrogen (secondary N) is 1. The Morgan fingerprint density at radius 1 is 1.21 bits per heavy atom. The highest BCUT2D eigenvalue weighted by Gasteiger charge is 2.27. The fraction of sp³-hybridized carbons (Fsp3) is 0.261. The molecule has 0 spiro atoms. The summed E-state index contributed by atoms with van der Waals surface area (Å²) in [5.41, 5.74) is 0.791. The summed E-state index contributed by atoms with van der Waals surface area (Å²) in [6.07, 6.45) is 1.54. The third kappa shape index (κ3) is 5.98. The molecule has 2 amide bonds. The molecule has 3 rings (SSSR count). The van der Waals surface area contributed by atoms with Gasteiger partial charge in [0.2, 0.25) is 5.91 Å². The van der Waals surface area contributed by atoms with E-state index in [1.807, 2.05) is 0 Å². The summed E-state index contributed by atoms with van der Waals surface area (Å²) in [5.74, 6) is -2.69. The van der Waals surface area contributed by atoms with E-state index in [2.05, 4.69) is 11.9 Å². The number of fused-ring (bicyclic) bond motifs is 1. The molecule has 0 unspecified atom stereocenters. The number of carbonyl (C=O) groups is 3. The van der Waals surface area contributed by atoms with E-state index in [4.69, 9.17) is 9.47 Å². The van der Waals surface area contributed by atoms with E-state index >= 15 is 0 Å². The number of ketones is 1. The smallest absolute Gasteiger partial charge is 0.265 e. The minimum Gasteiger partial charge on any atom is -0.492 e. The van der Waals surface area contributed by atoms with Crippen molar-refractivity contribution < 1.29 is 32.3 Å². The number of carbonyl (C=O) groups excluding carboxylic acids is 3. The van der Waals surface area contributed by atoms with Crippen LogP contribution < -0.4 is 19.7 Å².